The monoisotopic (exact) mass is 328 g/mol. The van der Waals surface area contributed by atoms with Crippen LogP contribution in [0.2, 0.25) is 0 Å². The van der Waals surface area contributed by atoms with Crippen LogP contribution in [-0.4, -0.2) is 31.1 Å². The number of benzene rings is 1. The summed E-state index contributed by atoms with van der Waals surface area (Å²) in [4.78, 5) is 13.3. The van der Waals surface area contributed by atoms with Gasteiger partial charge in [-0.05, 0) is 56.2 Å². The third-order valence-corrected chi connectivity index (χ3v) is 6.32. The second-order valence-corrected chi connectivity index (χ2v) is 7.80. The van der Waals surface area contributed by atoms with Crippen molar-refractivity contribution in [1.82, 2.24) is 10.6 Å². The maximum absolute atomic E-state index is 13.3. The fourth-order valence-corrected chi connectivity index (χ4v) is 5.04. The molecule has 4 nitrogen and oxygen atoms in total. The Balaban J connectivity index is 1.54. The summed E-state index contributed by atoms with van der Waals surface area (Å²) >= 11 is 0. The van der Waals surface area contributed by atoms with Gasteiger partial charge < -0.3 is 15.4 Å². The van der Waals surface area contributed by atoms with E-state index in [1.165, 1.54) is 12.8 Å². The molecule has 2 saturated heterocycles. The summed E-state index contributed by atoms with van der Waals surface area (Å²) in [6, 6.07) is 9.65. The minimum Gasteiger partial charge on any atom is -0.497 e. The molecule has 0 radical (unpaired) electrons. The fourth-order valence-electron chi connectivity index (χ4n) is 5.04. The number of hydrogen-bond acceptors (Lipinski definition) is 3. The van der Waals surface area contributed by atoms with Gasteiger partial charge in [-0.1, -0.05) is 25.0 Å². The zero-order valence-electron chi connectivity index (χ0n) is 14.5. The summed E-state index contributed by atoms with van der Waals surface area (Å²) in [6.45, 7) is 0. The first-order chi connectivity index (χ1) is 11.7. The standard InChI is InChI=1S/C20H28N2O2/c1-24-18-6-4-5-14(11-18)20(9-2-3-10-20)19(23)22-17-12-15-7-8-16(13-17)21-15/h4-6,11,15-17,21H,2-3,7-10,12-13H2,1H3,(H,22,23). The van der Waals surface area contributed by atoms with Gasteiger partial charge in [0.2, 0.25) is 5.91 Å². The molecule has 1 amide bonds. The Morgan fingerprint density at radius 3 is 2.58 bits per heavy atom. The van der Waals surface area contributed by atoms with Gasteiger partial charge >= 0.3 is 0 Å². The molecule has 1 aromatic carbocycles. The predicted octanol–water partition coefficient (Wildman–Crippen LogP) is 2.91. The van der Waals surface area contributed by atoms with E-state index in [4.69, 9.17) is 4.74 Å². The molecule has 3 fully saturated rings. The summed E-state index contributed by atoms with van der Waals surface area (Å²) in [5, 5.41) is 7.07. The maximum atomic E-state index is 13.3. The van der Waals surface area contributed by atoms with E-state index in [0.29, 0.717) is 18.1 Å². The van der Waals surface area contributed by atoms with Crippen LogP contribution < -0.4 is 15.4 Å². The number of carbonyl (C=O) groups is 1. The molecule has 3 aliphatic rings. The molecule has 130 valence electrons. The second-order valence-electron chi connectivity index (χ2n) is 7.80. The summed E-state index contributed by atoms with van der Waals surface area (Å²) < 4.78 is 5.39. The number of rotatable bonds is 4. The molecule has 2 atom stereocenters. The first-order valence-corrected chi connectivity index (χ1v) is 9.41. The summed E-state index contributed by atoms with van der Waals surface area (Å²) in [7, 11) is 1.69. The lowest BCUT2D eigenvalue weighted by Crippen LogP contribution is -2.52. The number of amides is 1. The summed E-state index contributed by atoms with van der Waals surface area (Å²) in [6.07, 6.45) is 8.83. The zero-order chi connectivity index (χ0) is 16.6. The first kappa shape index (κ1) is 15.9. The van der Waals surface area contributed by atoms with Gasteiger partial charge in [-0.2, -0.15) is 0 Å². The van der Waals surface area contributed by atoms with Crippen molar-refractivity contribution in [1.29, 1.82) is 0 Å². The molecular formula is C20H28N2O2. The van der Waals surface area contributed by atoms with Crippen LogP contribution in [0.25, 0.3) is 0 Å². The second kappa shape index (κ2) is 6.40. The van der Waals surface area contributed by atoms with Crippen LogP contribution in [0.5, 0.6) is 5.75 Å². The molecule has 4 rings (SSSR count). The Bertz CT molecular complexity index is 597. The van der Waals surface area contributed by atoms with Crippen molar-refractivity contribution < 1.29 is 9.53 Å². The average Bonchev–Trinajstić information content (AvgIpc) is 3.23. The van der Waals surface area contributed by atoms with Crippen molar-refractivity contribution in [3.63, 3.8) is 0 Å². The highest BCUT2D eigenvalue weighted by molar-refractivity contribution is 5.89. The third kappa shape index (κ3) is 2.81. The molecule has 1 saturated carbocycles. The summed E-state index contributed by atoms with van der Waals surface area (Å²) in [5.74, 6) is 1.08. The molecule has 4 heteroatoms. The molecule has 24 heavy (non-hydrogen) atoms. The maximum Gasteiger partial charge on any atom is 0.230 e. The average molecular weight is 328 g/mol. The molecule has 0 aromatic heterocycles. The lowest BCUT2D eigenvalue weighted by atomic mass is 9.77. The van der Waals surface area contributed by atoms with E-state index < -0.39 is 0 Å². The van der Waals surface area contributed by atoms with Crippen molar-refractivity contribution in [2.75, 3.05) is 7.11 Å². The fraction of sp³-hybridized carbons (Fsp3) is 0.650. The van der Waals surface area contributed by atoms with E-state index in [1.54, 1.807) is 7.11 Å². The Hall–Kier alpha value is -1.55. The predicted molar refractivity (Wildman–Crippen MR) is 94.3 cm³/mol. The van der Waals surface area contributed by atoms with E-state index in [-0.39, 0.29) is 11.3 Å². The SMILES string of the molecule is COc1cccc(C2(C(=O)NC3CC4CCC(C3)N4)CCCC2)c1. The van der Waals surface area contributed by atoms with Crippen molar-refractivity contribution in [3.05, 3.63) is 29.8 Å². The number of hydrogen-bond donors (Lipinski definition) is 2. The molecule has 2 aliphatic heterocycles. The molecule has 2 N–H and O–H groups in total. The lowest BCUT2D eigenvalue weighted by Gasteiger charge is -2.34. The number of fused-ring (bicyclic) bond motifs is 2. The van der Waals surface area contributed by atoms with Crippen LogP contribution >= 0.6 is 0 Å². The van der Waals surface area contributed by atoms with Crippen LogP contribution in [0.4, 0.5) is 0 Å². The topological polar surface area (TPSA) is 50.4 Å². The molecule has 1 aromatic rings. The number of carbonyl (C=O) groups excluding carboxylic acids is 1. The van der Waals surface area contributed by atoms with Crippen molar-refractivity contribution >= 4 is 5.91 Å². The highest BCUT2D eigenvalue weighted by Crippen LogP contribution is 2.42. The first-order valence-electron chi connectivity index (χ1n) is 9.41. The largest absolute Gasteiger partial charge is 0.497 e. The minimum atomic E-state index is -0.363. The van der Waals surface area contributed by atoms with Gasteiger partial charge in [-0.25, -0.2) is 0 Å². The smallest absolute Gasteiger partial charge is 0.230 e. The Morgan fingerprint density at radius 2 is 1.92 bits per heavy atom. The van der Waals surface area contributed by atoms with Crippen LogP contribution in [0, 0.1) is 0 Å². The van der Waals surface area contributed by atoms with Gasteiger partial charge in [0.05, 0.1) is 12.5 Å². The van der Waals surface area contributed by atoms with Gasteiger partial charge in [-0.3, -0.25) is 4.79 Å². The van der Waals surface area contributed by atoms with Crippen molar-refractivity contribution in [2.45, 2.75) is 74.9 Å². The summed E-state index contributed by atoms with van der Waals surface area (Å²) in [5.41, 5.74) is 0.757. The normalized spacial score (nSPS) is 31.0. The Morgan fingerprint density at radius 1 is 1.21 bits per heavy atom. The zero-order valence-corrected chi connectivity index (χ0v) is 14.5. The van der Waals surface area contributed by atoms with Crippen molar-refractivity contribution in [2.24, 2.45) is 0 Å². The van der Waals surface area contributed by atoms with E-state index in [9.17, 15) is 4.79 Å². The Labute approximate surface area is 144 Å². The highest BCUT2D eigenvalue weighted by Gasteiger charge is 2.44. The third-order valence-electron chi connectivity index (χ3n) is 6.32. The lowest BCUT2D eigenvalue weighted by molar-refractivity contribution is -0.127. The quantitative estimate of drug-likeness (QED) is 0.893. The van der Waals surface area contributed by atoms with Gasteiger partial charge in [0.15, 0.2) is 0 Å². The number of piperidine rings is 1. The van der Waals surface area contributed by atoms with Crippen LogP contribution in [0.1, 0.15) is 56.9 Å². The van der Waals surface area contributed by atoms with E-state index in [0.717, 1.165) is 49.8 Å². The minimum absolute atomic E-state index is 0.236. The van der Waals surface area contributed by atoms with Gasteiger partial charge in [-0.15, -0.1) is 0 Å². The van der Waals surface area contributed by atoms with E-state index in [1.807, 2.05) is 12.1 Å². The number of ether oxygens (including phenoxy) is 1. The highest BCUT2D eigenvalue weighted by atomic mass is 16.5. The molecule has 2 bridgehead atoms. The van der Waals surface area contributed by atoms with E-state index in [2.05, 4.69) is 22.8 Å². The van der Waals surface area contributed by atoms with Crippen LogP contribution in [0.15, 0.2) is 24.3 Å². The van der Waals surface area contributed by atoms with Gasteiger partial charge in [0.1, 0.15) is 5.75 Å². The van der Waals surface area contributed by atoms with Gasteiger partial charge in [0, 0.05) is 18.1 Å². The molecule has 2 heterocycles. The van der Waals surface area contributed by atoms with Crippen LogP contribution in [-0.2, 0) is 10.2 Å². The van der Waals surface area contributed by atoms with Crippen LogP contribution in [0.3, 0.4) is 0 Å². The Kier molecular flexibility index (Phi) is 4.25. The molecule has 1 aliphatic carbocycles. The number of nitrogens with one attached hydrogen (secondary N) is 2. The molecule has 2 unspecified atom stereocenters. The molecule has 0 spiro atoms. The van der Waals surface area contributed by atoms with Crippen molar-refractivity contribution in [3.8, 4) is 5.75 Å². The molecular weight excluding hydrogens is 300 g/mol. The van der Waals surface area contributed by atoms with E-state index >= 15 is 0 Å². The number of methoxy groups -OCH3 is 1. The van der Waals surface area contributed by atoms with Gasteiger partial charge in [0.25, 0.3) is 0 Å².